The number of aryl methyl sites for hydroxylation is 1. The van der Waals surface area contributed by atoms with Crippen LogP contribution >= 0.6 is 0 Å². The molecule has 132 valence electrons. The van der Waals surface area contributed by atoms with E-state index in [9.17, 15) is 9.90 Å². The quantitative estimate of drug-likeness (QED) is 0.742. The summed E-state index contributed by atoms with van der Waals surface area (Å²) in [6.45, 7) is 7.67. The molecule has 1 aromatic carbocycles. The molecule has 1 unspecified atom stereocenters. The fraction of sp³-hybridized carbons (Fsp3) is 0.579. The van der Waals surface area contributed by atoms with E-state index in [1.165, 1.54) is 0 Å². The second-order valence-corrected chi connectivity index (χ2v) is 6.84. The molecule has 1 atom stereocenters. The van der Waals surface area contributed by atoms with Crippen LogP contribution in [-0.4, -0.2) is 33.2 Å². The highest BCUT2D eigenvalue weighted by Gasteiger charge is 2.11. The molecule has 24 heavy (non-hydrogen) atoms. The number of rotatable bonds is 9. The molecule has 0 saturated carbocycles. The normalized spacial score (nSPS) is 12.7. The van der Waals surface area contributed by atoms with Gasteiger partial charge in [-0.2, -0.15) is 0 Å². The van der Waals surface area contributed by atoms with Gasteiger partial charge in [-0.25, -0.2) is 4.98 Å². The summed E-state index contributed by atoms with van der Waals surface area (Å²) < 4.78 is 2.28. The Balaban J connectivity index is 1.99. The van der Waals surface area contributed by atoms with Crippen molar-refractivity contribution in [1.29, 1.82) is 0 Å². The molecular formula is C19H29N3O2. The number of fused-ring (bicyclic) bond motifs is 1. The molecule has 0 aliphatic carbocycles. The van der Waals surface area contributed by atoms with Gasteiger partial charge < -0.3 is 15.0 Å². The third-order valence-corrected chi connectivity index (χ3v) is 4.12. The highest BCUT2D eigenvalue weighted by atomic mass is 16.3. The fourth-order valence-corrected chi connectivity index (χ4v) is 2.70. The van der Waals surface area contributed by atoms with Crippen LogP contribution in [0.4, 0.5) is 0 Å². The maximum Gasteiger partial charge on any atom is 0.220 e. The van der Waals surface area contributed by atoms with Gasteiger partial charge in [0.05, 0.1) is 17.1 Å². The SMILES string of the molecule is CC(C)CCn1c(CCNC(=O)CCC(C)O)nc2ccccc21. The highest BCUT2D eigenvalue weighted by molar-refractivity contribution is 5.76. The van der Waals surface area contributed by atoms with Crippen LogP contribution < -0.4 is 5.32 Å². The molecule has 0 aliphatic rings. The number of aromatic nitrogens is 2. The number of para-hydroxylation sites is 2. The first-order valence-corrected chi connectivity index (χ1v) is 8.86. The second kappa shape index (κ2) is 8.83. The number of benzene rings is 1. The third kappa shape index (κ3) is 5.34. The van der Waals surface area contributed by atoms with E-state index in [1.807, 2.05) is 18.2 Å². The van der Waals surface area contributed by atoms with Crippen molar-refractivity contribution in [1.82, 2.24) is 14.9 Å². The van der Waals surface area contributed by atoms with Gasteiger partial charge in [-0.1, -0.05) is 26.0 Å². The Morgan fingerprint density at radius 3 is 2.71 bits per heavy atom. The summed E-state index contributed by atoms with van der Waals surface area (Å²) in [6, 6.07) is 8.18. The average molecular weight is 331 g/mol. The molecule has 1 amide bonds. The minimum Gasteiger partial charge on any atom is -0.393 e. The van der Waals surface area contributed by atoms with E-state index in [0.29, 0.717) is 31.7 Å². The highest BCUT2D eigenvalue weighted by Crippen LogP contribution is 2.18. The van der Waals surface area contributed by atoms with Crippen LogP contribution in [0, 0.1) is 5.92 Å². The summed E-state index contributed by atoms with van der Waals surface area (Å²) >= 11 is 0. The molecule has 0 saturated heterocycles. The van der Waals surface area contributed by atoms with E-state index in [0.717, 1.165) is 29.8 Å². The van der Waals surface area contributed by atoms with Crippen molar-refractivity contribution in [3.05, 3.63) is 30.1 Å². The van der Waals surface area contributed by atoms with Crippen molar-refractivity contribution in [2.75, 3.05) is 6.54 Å². The number of aliphatic hydroxyl groups is 1. The molecule has 0 spiro atoms. The number of carbonyl (C=O) groups excluding carboxylic acids is 1. The summed E-state index contributed by atoms with van der Waals surface area (Å²) in [7, 11) is 0. The molecule has 2 aromatic rings. The van der Waals surface area contributed by atoms with Crippen molar-refractivity contribution in [3.8, 4) is 0 Å². The second-order valence-electron chi connectivity index (χ2n) is 6.84. The monoisotopic (exact) mass is 331 g/mol. The molecular weight excluding hydrogens is 302 g/mol. The zero-order valence-electron chi connectivity index (χ0n) is 15.0. The van der Waals surface area contributed by atoms with Crippen molar-refractivity contribution in [2.24, 2.45) is 5.92 Å². The predicted octanol–water partition coefficient (Wildman–Crippen LogP) is 2.90. The van der Waals surface area contributed by atoms with Crippen molar-refractivity contribution in [3.63, 3.8) is 0 Å². The van der Waals surface area contributed by atoms with E-state index in [2.05, 4.69) is 29.8 Å². The maximum atomic E-state index is 11.8. The number of imidazole rings is 1. The summed E-state index contributed by atoms with van der Waals surface area (Å²) in [5.74, 6) is 1.65. The smallest absolute Gasteiger partial charge is 0.220 e. The maximum absolute atomic E-state index is 11.8. The minimum atomic E-state index is -0.434. The summed E-state index contributed by atoms with van der Waals surface area (Å²) in [4.78, 5) is 16.5. The minimum absolute atomic E-state index is 0.0132. The lowest BCUT2D eigenvalue weighted by Gasteiger charge is -2.11. The predicted molar refractivity (Wildman–Crippen MR) is 96.8 cm³/mol. The van der Waals surface area contributed by atoms with Gasteiger partial charge >= 0.3 is 0 Å². The first kappa shape index (κ1) is 18.5. The Morgan fingerprint density at radius 1 is 1.25 bits per heavy atom. The van der Waals surface area contributed by atoms with Gasteiger partial charge in [-0.3, -0.25) is 4.79 Å². The Labute approximate surface area is 144 Å². The Morgan fingerprint density at radius 2 is 2.00 bits per heavy atom. The molecule has 5 nitrogen and oxygen atoms in total. The van der Waals surface area contributed by atoms with E-state index < -0.39 is 6.10 Å². The van der Waals surface area contributed by atoms with Crippen LogP contribution in [-0.2, 0) is 17.8 Å². The zero-order chi connectivity index (χ0) is 17.5. The van der Waals surface area contributed by atoms with Crippen LogP contribution in [0.25, 0.3) is 11.0 Å². The molecule has 5 heteroatoms. The number of amides is 1. The molecule has 2 N–H and O–H groups in total. The summed E-state index contributed by atoms with van der Waals surface area (Å²) in [5.41, 5.74) is 2.17. The van der Waals surface area contributed by atoms with Gasteiger partial charge in [-0.15, -0.1) is 0 Å². The van der Waals surface area contributed by atoms with Gasteiger partial charge in [0.25, 0.3) is 0 Å². The van der Waals surface area contributed by atoms with Crippen molar-refractivity contribution >= 4 is 16.9 Å². The molecule has 0 aliphatic heterocycles. The number of aliphatic hydroxyl groups excluding tert-OH is 1. The van der Waals surface area contributed by atoms with Crippen LogP contribution in [0.3, 0.4) is 0 Å². The lowest BCUT2D eigenvalue weighted by molar-refractivity contribution is -0.121. The van der Waals surface area contributed by atoms with E-state index in [4.69, 9.17) is 4.98 Å². The van der Waals surface area contributed by atoms with Crippen LogP contribution in [0.15, 0.2) is 24.3 Å². The van der Waals surface area contributed by atoms with Gasteiger partial charge in [0.15, 0.2) is 0 Å². The number of carbonyl (C=O) groups is 1. The molecule has 0 radical (unpaired) electrons. The van der Waals surface area contributed by atoms with E-state index in [1.54, 1.807) is 6.92 Å². The molecule has 2 rings (SSSR count). The van der Waals surface area contributed by atoms with Crippen LogP contribution in [0.2, 0.25) is 0 Å². The topological polar surface area (TPSA) is 67.2 Å². The Hall–Kier alpha value is -1.88. The number of hydrogen-bond donors (Lipinski definition) is 2. The average Bonchev–Trinajstić information content (AvgIpc) is 2.88. The lowest BCUT2D eigenvalue weighted by atomic mass is 10.1. The summed E-state index contributed by atoms with van der Waals surface area (Å²) in [6.07, 6.45) is 2.25. The van der Waals surface area contributed by atoms with Gasteiger partial charge in [-0.05, 0) is 37.8 Å². The van der Waals surface area contributed by atoms with E-state index >= 15 is 0 Å². The molecule has 1 heterocycles. The summed E-state index contributed by atoms with van der Waals surface area (Å²) in [5, 5.41) is 12.2. The molecule has 0 fully saturated rings. The standard InChI is InChI=1S/C19H29N3O2/c1-14(2)11-13-22-17-7-5-4-6-16(17)21-18(22)10-12-20-19(24)9-8-15(3)23/h4-7,14-15,23H,8-13H2,1-3H3,(H,20,24). The largest absolute Gasteiger partial charge is 0.393 e. The lowest BCUT2D eigenvalue weighted by Crippen LogP contribution is -2.27. The number of nitrogens with one attached hydrogen (secondary N) is 1. The van der Waals surface area contributed by atoms with Crippen molar-refractivity contribution < 1.29 is 9.90 Å². The fourth-order valence-electron chi connectivity index (χ4n) is 2.70. The van der Waals surface area contributed by atoms with Gasteiger partial charge in [0, 0.05) is 25.9 Å². The Bertz CT molecular complexity index is 662. The third-order valence-electron chi connectivity index (χ3n) is 4.12. The van der Waals surface area contributed by atoms with Crippen LogP contribution in [0.1, 0.15) is 45.9 Å². The van der Waals surface area contributed by atoms with Crippen molar-refractivity contribution in [2.45, 2.75) is 59.1 Å². The van der Waals surface area contributed by atoms with Gasteiger partial charge in [0.2, 0.25) is 5.91 Å². The first-order chi connectivity index (χ1) is 11.5. The zero-order valence-corrected chi connectivity index (χ0v) is 15.0. The number of hydrogen-bond acceptors (Lipinski definition) is 3. The van der Waals surface area contributed by atoms with Crippen LogP contribution in [0.5, 0.6) is 0 Å². The molecule has 0 bridgehead atoms. The van der Waals surface area contributed by atoms with E-state index in [-0.39, 0.29) is 5.91 Å². The Kier molecular flexibility index (Phi) is 6.79. The number of nitrogens with zero attached hydrogens (tertiary/aromatic N) is 2. The van der Waals surface area contributed by atoms with Gasteiger partial charge in [0.1, 0.15) is 5.82 Å². The molecule has 1 aromatic heterocycles. The first-order valence-electron chi connectivity index (χ1n) is 8.86.